The maximum atomic E-state index is 13.2. The second-order valence-corrected chi connectivity index (χ2v) is 7.61. The number of benzene rings is 2. The van der Waals surface area contributed by atoms with E-state index in [0.717, 1.165) is 28.2 Å². The molecule has 10 heteroatoms. The molecule has 2 aromatic carbocycles. The van der Waals surface area contributed by atoms with Crippen molar-refractivity contribution in [1.82, 2.24) is 9.78 Å². The number of sulfonamides is 1. The SMILES string of the molecule is NCc1ccc(CC(=O)Nc2ccc(-n3cc(F)cn3)c(S(N)(=O)=O)c2)cc1. The van der Waals surface area contributed by atoms with Crippen LogP contribution >= 0.6 is 0 Å². The number of primary sulfonamides is 1. The Hall–Kier alpha value is -3.08. The second-order valence-electron chi connectivity index (χ2n) is 6.08. The molecule has 0 aliphatic heterocycles. The van der Waals surface area contributed by atoms with Crippen molar-refractivity contribution in [2.45, 2.75) is 17.9 Å². The minimum absolute atomic E-state index is 0.0711. The van der Waals surface area contributed by atoms with E-state index in [2.05, 4.69) is 10.4 Å². The maximum absolute atomic E-state index is 13.2. The molecule has 0 saturated heterocycles. The molecule has 0 radical (unpaired) electrons. The van der Waals surface area contributed by atoms with E-state index in [4.69, 9.17) is 10.9 Å². The van der Waals surface area contributed by atoms with Crippen LogP contribution in [0.2, 0.25) is 0 Å². The predicted octanol–water partition coefficient (Wildman–Crippen LogP) is 1.30. The van der Waals surface area contributed by atoms with Gasteiger partial charge in [0.25, 0.3) is 0 Å². The topological polar surface area (TPSA) is 133 Å². The molecule has 1 aromatic heterocycles. The van der Waals surface area contributed by atoms with Crippen LogP contribution in [0.4, 0.5) is 10.1 Å². The lowest BCUT2D eigenvalue weighted by Crippen LogP contribution is -2.18. The van der Waals surface area contributed by atoms with Gasteiger partial charge in [-0.2, -0.15) is 5.10 Å². The average Bonchev–Trinajstić information content (AvgIpc) is 3.08. The van der Waals surface area contributed by atoms with E-state index in [1.165, 1.54) is 18.2 Å². The van der Waals surface area contributed by atoms with Crippen LogP contribution in [-0.2, 0) is 27.8 Å². The van der Waals surface area contributed by atoms with Crippen molar-refractivity contribution in [3.8, 4) is 5.69 Å². The minimum atomic E-state index is -4.14. The molecule has 3 rings (SSSR count). The Labute approximate surface area is 161 Å². The van der Waals surface area contributed by atoms with Crippen LogP contribution in [0.3, 0.4) is 0 Å². The Morgan fingerprint density at radius 1 is 1.14 bits per heavy atom. The third-order valence-corrected chi connectivity index (χ3v) is 4.91. The lowest BCUT2D eigenvalue weighted by molar-refractivity contribution is -0.115. The monoisotopic (exact) mass is 403 g/mol. The van der Waals surface area contributed by atoms with Crippen molar-refractivity contribution < 1.29 is 17.6 Å². The molecule has 3 aromatic rings. The largest absolute Gasteiger partial charge is 0.326 e. The van der Waals surface area contributed by atoms with Crippen LogP contribution in [-0.4, -0.2) is 24.1 Å². The van der Waals surface area contributed by atoms with Gasteiger partial charge in [0.05, 0.1) is 24.5 Å². The summed E-state index contributed by atoms with van der Waals surface area (Å²) in [5.74, 6) is -0.961. The molecule has 0 unspecified atom stereocenters. The molecule has 0 fully saturated rings. The zero-order valence-corrected chi connectivity index (χ0v) is 15.5. The standard InChI is InChI=1S/C18H18FN5O3S/c19-14-10-22-24(11-14)16-6-5-15(8-17(16)28(21,26)27)23-18(25)7-12-1-3-13(9-20)4-2-12/h1-6,8,10-11H,7,9,20H2,(H,23,25)(H2,21,26,27). The number of anilines is 1. The van der Waals surface area contributed by atoms with Gasteiger partial charge in [-0.05, 0) is 29.3 Å². The Morgan fingerprint density at radius 3 is 2.39 bits per heavy atom. The first-order valence-corrected chi connectivity index (χ1v) is 9.76. The summed E-state index contributed by atoms with van der Waals surface area (Å²) in [6.45, 7) is 0.412. The van der Waals surface area contributed by atoms with Crippen LogP contribution in [0.1, 0.15) is 11.1 Å². The highest BCUT2D eigenvalue weighted by Crippen LogP contribution is 2.23. The number of aromatic nitrogens is 2. The summed E-state index contributed by atoms with van der Waals surface area (Å²) in [7, 11) is -4.14. The first-order valence-electron chi connectivity index (χ1n) is 8.21. The van der Waals surface area contributed by atoms with Crippen LogP contribution < -0.4 is 16.2 Å². The first kappa shape index (κ1) is 19.7. The van der Waals surface area contributed by atoms with E-state index in [1.54, 1.807) is 12.1 Å². The molecule has 1 amide bonds. The number of hydrogen-bond acceptors (Lipinski definition) is 5. The normalized spacial score (nSPS) is 11.4. The molecule has 8 nitrogen and oxygen atoms in total. The third-order valence-electron chi connectivity index (χ3n) is 3.97. The summed E-state index contributed by atoms with van der Waals surface area (Å²) in [5.41, 5.74) is 7.59. The van der Waals surface area contributed by atoms with Gasteiger partial charge in [0, 0.05) is 12.2 Å². The van der Waals surface area contributed by atoms with E-state index in [1.807, 2.05) is 12.1 Å². The predicted molar refractivity (Wildman–Crippen MR) is 102 cm³/mol. The van der Waals surface area contributed by atoms with E-state index >= 15 is 0 Å². The quantitative estimate of drug-likeness (QED) is 0.570. The van der Waals surface area contributed by atoms with Crippen molar-refractivity contribution in [2.75, 3.05) is 5.32 Å². The van der Waals surface area contributed by atoms with Crippen molar-refractivity contribution in [2.24, 2.45) is 10.9 Å². The van der Waals surface area contributed by atoms with Gasteiger partial charge < -0.3 is 11.1 Å². The number of halogens is 1. The van der Waals surface area contributed by atoms with Crippen LogP contribution in [0.15, 0.2) is 59.8 Å². The third kappa shape index (κ3) is 4.60. The minimum Gasteiger partial charge on any atom is -0.326 e. The Kier molecular flexibility index (Phi) is 5.54. The lowest BCUT2D eigenvalue weighted by atomic mass is 10.1. The van der Waals surface area contributed by atoms with Gasteiger partial charge in [-0.15, -0.1) is 0 Å². The first-order chi connectivity index (χ1) is 13.3. The van der Waals surface area contributed by atoms with Crippen molar-refractivity contribution in [3.05, 3.63) is 71.8 Å². The van der Waals surface area contributed by atoms with E-state index in [-0.39, 0.29) is 28.6 Å². The Bertz CT molecular complexity index is 1110. The summed E-state index contributed by atoms with van der Waals surface area (Å²) in [5, 5.41) is 11.6. The summed E-state index contributed by atoms with van der Waals surface area (Å²) in [4.78, 5) is 12.0. The molecule has 0 aliphatic carbocycles. The molecule has 0 spiro atoms. The lowest BCUT2D eigenvalue weighted by Gasteiger charge is -2.11. The molecule has 1 heterocycles. The summed E-state index contributed by atoms with van der Waals surface area (Å²) in [6.07, 6.45) is 2.06. The second kappa shape index (κ2) is 7.89. The Morgan fingerprint density at radius 2 is 1.82 bits per heavy atom. The van der Waals surface area contributed by atoms with Crippen LogP contribution in [0.25, 0.3) is 5.69 Å². The van der Waals surface area contributed by atoms with E-state index in [0.29, 0.717) is 6.54 Å². The van der Waals surface area contributed by atoms with Crippen LogP contribution in [0, 0.1) is 5.82 Å². The van der Waals surface area contributed by atoms with Gasteiger partial charge in [-0.1, -0.05) is 24.3 Å². The molecule has 5 N–H and O–H groups in total. The van der Waals surface area contributed by atoms with E-state index in [9.17, 15) is 17.6 Å². The molecular weight excluding hydrogens is 385 g/mol. The number of nitrogens with two attached hydrogens (primary N) is 2. The number of rotatable bonds is 6. The molecule has 0 bridgehead atoms. The number of nitrogens with one attached hydrogen (secondary N) is 1. The summed E-state index contributed by atoms with van der Waals surface area (Å²) in [6, 6.07) is 11.3. The number of carbonyl (C=O) groups is 1. The number of hydrogen-bond donors (Lipinski definition) is 3. The molecule has 146 valence electrons. The fourth-order valence-corrected chi connectivity index (χ4v) is 3.37. The zero-order valence-electron chi connectivity index (χ0n) is 14.7. The smallest absolute Gasteiger partial charge is 0.240 e. The van der Waals surface area contributed by atoms with Crippen molar-refractivity contribution in [1.29, 1.82) is 0 Å². The summed E-state index contributed by atoms with van der Waals surface area (Å²) < 4.78 is 38.2. The van der Waals surface area contributed by atoms with Gasteiger partial charge in [-0.25, -0.2) is 22.6 Å². The highest BCUT2D eigenvalue weighted by Gasteiger charge is 2.18. The van der Waals surface area contributed by atoms with Crippen molar-refractivity contribution >= 4 is 21.6 Å². The van der Waals surface area contributed by atoms with E-state index < -0.39 is 15.8 Å². The van der Waals surface area contributed by atoms with Crippen LogP contribution in [0.5, 0.6) is 0 Å². The number of amides is 1. The van der Waals surface area contributed by atoms with Gasteiger partial charge in [0.1, 0.15) is 4.90 Å². The molecule has 0 saturated carbocycles. The molecule has 0 aliphatic rings. The molecule has 0 atom stereocenters. The highest BCUT2D eigenvalue weighted by molar-refractivity contribution is 7.89. The van der Waals surface area contributed by atoms with Gasteiger partial charge in [-0.3, -0.25) is 4.79 Å². The summed E-state index contributed by atoms with van der Waals surface area (Å²) >= 11 is 0. The van der Waals surface area contributed by atoms with Gasteiger partial charge in [0.2, 0.25) is 15.9 Å². The fourth-order valence-electron chi connectivity index (χ4n) is 2.63. The highest BCUT2D eigenvalue weighted by atomic mass is 32.2. The average molecular weight is 403 g/mol. The fraction of sp³-hybridized carbons (Fsp3) is 0.111. The van der Waals surface area contributed by atoms with Gasteiger partial charge >= 0.3 is 0 Å². The van der Waals surface area contributed by atoms with Crippen molar-refractivity contribution in [3.63, 3.8) is 0 Å². The maximum Gasteiger partial charge on any atom is 0.240 e. The molecule has 28 heavy (non-hydrogen) atoms. The Balaban J connectivity index is 1.83. The zero-order chi connectivity index (χ0) is 20.3. The van der Waals surface area contributed by atoms with Gasteiger partial charge in [0.15, 0.2) is 5.82 Å². The number of nitrogens with zero attached hydrogens (tertiary/aromatic N) is 2. The number of carbonyl (C=O) groups excluding carboxylic acids is 1. The molecular formula is C18H18FN5O3S.